The molecule has 0 bridgehead atoms. The molecule has 0 aliphatic carbocycles. The van der Waals surface area contributed by atoms with Gasteiger partial charge in [-0.2, -0.15) is 0 Å². The van der Waals surface area contributed by atoms with Gasteiger partial charge < -0.3 is 14.8 Å². The summed E-state index contributed by atoms with van der Waals surface area (Å²) in [6, 6.07) is 15.3. The highest BCUT2D eigenvalue weighted by molar-refractivity contribution is 7.99. The Kier molecular flexibility index (Phi) is 6.36. The van der Waals surface area contributed by atoms with Crippen LogP contribution < -0.4 is 5.32 Å². The average Bonchev–Trinajstić information content (AvgIpc) is 3.09. The van der Waals surface area contributed by atoms with Crippen LogP contribution in [0.4, 0.5) is 0 Å². The van der Waals surface area contributed by atoms with Gasteiger partial charge >= 0.3 is 0 Å². The van der Waals surface area contributed by atoms with Crippen LogP contribution in [-0.4, -0.2) is 46.1 Å². The van der Waals surface area contributed by atoms with E-state index >= 15 is 0 Å². The summed E-state index contributed by atoms with van der Waals surface area (Å²) >= 11 is 1.46. The number of nitrogens with zero attached hydrogens (tertiary/aromatic N) is 3. The van der Waals surface area contributed by atoms with Crippen molar-refractivity contribution in [3.63, 3.8) is 0 Å². The summed E-state index contributed by atoms with van der Waals surface area (Å²) < 4.78 is 2.13. The van der Waals surface area contributed by atoms with Crippen molar-refractivity contribution in [2.75, 3.05) is 19.8 Å². The molecular formula is C21H24N4O2S. The topological polar surface area (TPSA) is 67.2 Å². The van der Waals surface area contributed by atoms with Crippen molar-refractivity contribution in [3.8, 4) is 0 Å². The minimum Gasteiger partial charge on any atom is -0.355 e. The minimum atomic E-state index is -0.119. The predicted molar refractivity (Wildman–Crippen MR) is 112 cm³/mol. The third kappa shape index (κ3) is 4.36. The van der Waals surface area contributed by atoms with Crippen LogP contribution >= 0.6 is 11.8 Å². The molecule has 3 aromatic rings. The van der Waals surface area contributed by atoms with Crippen LogP contribution in [0, 0.1) is 0 Å². The van der Waals surface area contributed by atoms with Crippen molar-refractivity contribution >= 4 is 34.6 Å². The van der Waals surface area contributed by atoms with Crippen LogP contribution in [0.1, 0.15) is 22.8 Å². The van der Waals surface area contributed by atoms with E-state index in [9.17, 15) is 9.59 Å². The van der Waals surface area contributed by atoms with E-state index in [0.29, 0.717) is 17.9 Å². The van der Waals surface area contributed by atoms with Gasteiger partial charge in [-0.25, -0.2) is 4.98 Å². The van der Waals surface area contributed by atoms with E-state index in [4.69, 9.17) is 0 Å². The van der Waals surface area contributed by atoms with Gasteiger partial charge in [0.05, 0.1) is 16.8 Å². The minimum absolute atomic E-state index is 0.0371. The fourth-order valence-corrected chi connectivity index (χ4v) is 3.99. The molecule has 3 rings (SSSR count). The number of hydrogen-bond donors (Lipinski definition) is 1. The van der Waals surface area contributed by atoms with Crippen molar-refractivity contribution in [2.24, 2.45) is 0 Å². The summed E-state index contributed by atoms with van der Waals surface area (Å²) in [6.07, 6.45) is 0. The SMILES string of the molecule is CCn1c(SCC(=O)N(C)Cc2ccc(C(=O)NC)cc2)nc2ccccc21. The van der Waals surface area contributed by atoms with Gasteiger partial charge in [0, 0.05) is 32.7 Å². The maximum absolute atomic E-state index is 12.6. The maximum Gasteiger partial charge on any atom is 0.251 e. The Hall–Kier alpha value is -2.80. The first-order valence-corrected chi connectivity index (χ1v) is 10.1. The number of carbonyl (C=O) groups excluding carboxylic acids is 2. The number of imidazole rings is 1. The highest BCUT2D eigenvalue weighted by atomic mass is 32.2. The fourth-order valence-electron chi connectivity index (χ4n) is 2.97. The molecule has 6 nitrogen and oxygen atoms in total. The van der Waals surface area contributed by atoms with Crippen molar-refractivity contribution in [1.82, 2.24) is 19.8 Å². The van der Waals surface area contributed by atoms with E-state index in [1.807, 2.05) is 36.4 Å². The van der Waals surface area contributed by atoms with Gasteiger partial charge in [-0.3, -0.25) is 9.59 Å². The number of aromatic nitrogens is 2. The monoisotopic (exact) mass is 396 g/mol. The molecule has 0 saturated heterocycles. The molecule has 0 unspecified atom stereocenters. The Labute approximate surface area is 168 Å². The number of nitrogens with one attached hydrogen (secondary N) is 1. The Morgan fingerprint density at radius 1 is 1.14 bits per heavy atom. The molecule has 0 spiro atoms. The Morgan fingerprint density at radius 3 is 2.54 bits per heavy atom. The molecule has 28 heavy (non-hydrogen) atoms. The van der Waals surface area contributed by atoms with Crippen LogP contribution in [0.3, 0.4) is 0 Å². The summed E-state index contributed by atoms with van der Waals surface area (Å²) in [7, 11) is 3.39. The third-order valence-corrected chi connectivity index (χ3v) is 5.51. The highest BCUT2D eigenvalue weighted by Gasteiger charge is 2.14. The second-order valence-corrected chi connectivity index (χ2v) is 7.38. The molecule has 1 heterocycles. The lowest BCUT2D eigenvalue weighted by molar-refractivity contribution is -0.127. The summed E-state index contributed by atoms with van der Waals surface area (Å²) in [5.74, 6) is 0.247. The summed E-state index contributed by atoms with van der Waals surface area (Å²) in [5.41, 5.74) is 3.62. The molecule has 7 heteroatoms. The fraction of sp³-hybridized carbons (Fsp3) is 0.286. The summed E-state index contributed by atoms with van der Waals surface area (Å²) in [5, 5.41) is 3.46. The Bertz CT molecular complexity index is 982. The van der Waals surface area contributed by atoms with Crippen LogP contribution in [0.25, 0.3) is 11.0 Å². The van der Waals surface area contributed by atoms with Crippen LogP contribution in [0.15, 0.2) is 53.7 Å². The predicted octanol–water partition coefficient (Wildman–Crippen LogP) is 3.17. The average molecular weight is 397 g/mol. The second kappa shape index (κ2) is 8.93. The number of rotatable bonds is 7. The molecule has 146 valence electrons. The number of para-hydroxylation sites is 2. The zero-order valence-electron chi connectivity index (χ0n) is 16.3. The Morgan fingerprint density at radius 2 is 1.86 bits per heavy atom. The van der Waals surface area contributed by atoms with E-state index in [0.717, 1.165) is 28.3 Å². The zero-order chi connectivity index (χ0) is 20.1. The van der Waals surface area contributed by atoms with Crippen molar-refractivity contribution < 1.29 is 9.59 Å². The number of amides is 2. The number of carbonyl (C=O) groups is 2. The molecule has 0 saturated carbocycles. The molecule has 0 aliphatic rings. The van der Waals surface area contributed by atoms with Gasteiger partial charge in [0.2, 0.25) is 5.91 Å². The van der Waals surface area contributed by atoms with Crippen LogP contribution in [-0.2, 0) is 17.9 Å². The molecule has 0 aliphatic heterocycles. The molecule has 0 fully saturated rings. The zero-order valence-corrected chi connectivity index (χ0v) is 17.1. The molecule has 1 N–H and O–H groups in total. The lowest BCUT2D eigenvalue weighted by atomic mass is 10.1. The molecule has 0 radical (unpaired) electrons. The molecular weight excluding hydrogens is 372 g/mol. The van der Waals surface area contributed by atoms with Crippen LogP contribution in [0.2, 0.25) is 0 Å². The summed E-state index contributed by atoms with van der Waals surface area (Å²) in [6.45, 7) is 3.39. The van der Waals surface area contributed by atoms with Gasteiger partial charge in [0.25, 0.3) is 5.91 Å². The maximum atomic E-state index is 12.6. The van der Waals surface area contributed by atoms with E-state index < -0.39 is 0 Å². The van der Waals surface area contributed by atoms with Crippen LogP contribution in [0.5, 0.6) is 0 Å². The number of benzene rings is 2. The third-order valence-electron chi connectivity index (χ3n) is 4.55. The number of fused-ring (bicyclic) bond motifs is 1. The van der Waals surface area contributed by atoms with Crippen molar-refractivity contribution in [1.29, 1.82) is 0 Å². The van der Waals surface area contributed by atoms with E-state index in [1.165, 1.54) is 11.8 Å². The van der Waals surface area contributed by atoms with Gasteiger partial charge in [0.1, 0.15) is 0 Å². The lowest BCUT2D eigenvalue weighted by Crippen LogP contribution is -2.28. The van der Waals surface area contributed by atoms with Gasteiger partial charge in [-0.15, -0.1) is 0 Å². The smallest absolute Gasteiger partial charge is 0.251 e. The lowest BCUT2D eigenvalue weighted by Gasteiger charge is -2.17. The number of aryl methyl sites for hydroxylation is 1. The Balaban J connectivity index is 1.61. The van der Waals surface area contributed by atoms with E-state index in [1.54, 1.807) is 31.1 Å². The molecule has 1 aromatic heterocycles. The first-order chi connectivity index (χ1) is 13.5. The summed E-state index contributed by atoms with van der Waals surface area (Å²) in [4.78, 5) is 30.5. The molecule has 0 atom stereocenters. The standard InChI is InChI=1S/C21H24N4O2S/c1-4-25-18-8-6-5-7-17(18)23-21(25)28-14-19(26)24(3)13-15-9-11-16(12-10-15)20(27)22-2/h5-12H,4,13-14H2,1-3H3,(H,22,27). The van der Waals surface area contributed by atoms with Gasteiger partial charge in [-0.1, -0.05) is 36.0 Å². The van der Waals surface area contributed by atoms with E-state index in [2.05, 4.69) is 21.8 Å². The largest absolute Gasteiger partial charge is 0.355 e. The molecule has 2 amide bonds. The first-order valence-electron chi connectivity index (χ1n) is 9.16. The van der Waals surface area contributed by atoms with Gasteiger partial charge in [0.15, 0.2) is 5.16 Å². The first kappa shape index (κ1) is 19.9. The quantitative estimate of drug-likeness (QED) is 0.623. The molecule has 2 aromatic carbocycles. The number of hydrogen-bond acceptors (Lipinski definition) is 4. The number of thioether (sulfide) groups is 1. The van der Waals surface area contributed by atoms with E-state index in [-0.39, 0.29) is 11.8 Å². The van der Waals surface area contributed by atoms with Crippen molar-refractivity contribution in [3.05, 3.63) is 59.7 Å². The highest BCUT2D eigenvalue weighted by Crippen LogP contribution is 2.24. The van der Waals surface area contributed by atoms with Crippen molar-refractivity contribution in [2.45, 2.75) is 25.2 Å². The second-order valence-electron chi connectivity index (χ2n) is 6.44. The normalized spacial score (nSPS) is 10.8. The van der Waals surface area contributed by atoms with Gasteiger partial charge in [-0.05, 0) is 36.8 Å².